The molecule has 162 valence electrons. The third kappa shape index (κ3) is 5.18. The lowest BCUT2D eigenvalue weighted by atomic mass is 9.86. The van der Waals surface area contributed by atoms with Crippen LogP contribution in [0.2, 0.25) is 0 Å². The van der Waals surface area contributed by atoms with Gasteiger partial charge in [0.2, 0.25) is 0 Å². The van der Waals surface area contributed by atoms with Gasteiger partial charge in [0.25, 0.3) is 5.91 Å². The summed E-state index contributed by atoms with van der Waals surface area (Å²) >= 11 is 0. The molecule has 1 aliphatic rings. The number of carbonyl (C=O) groups excluding carboxylic acids is 1. The van der Waals surface area contributed by atoms with E-state index in [1.165, 1.54) is 17.2 Å². The van der Waals surface area contributed by atoms with Crippen molar-refractivity contribution in [2.75, 3.05) is 0 Å². The summed E-state index contributed by atoms with van der Waals surface area (Å²) in [6.45, 7) is 2.64. The highest BCUT2D eigenvalue weighted by Gasteiger charge is 2.24. The number of fused-ring (bicyclic) bond motifs is 1. The number of benzene rings is 3. The molecule has 0 radical (unpaired) electrons. The smallest absolute Gasteiger partial charge is 0.262 e. The largest absolute Gasteiger partial charge is 0.489 e. The second-order valence-corrected chi connectivity index (χ2v) is 8.51. The Bertz CT molecular complexity index is 1150. The fourth-order valence-corrected chi connectivity index (χ4v) is 4.33. The zero-order valence-electron chi connectivity index (χ0n) is 18.4. The molecular weight excluding hydrogens is 396 g/mol. The molecule has 1 fully saturated rings. The van der Waals surface area contributed by atoms with Crippen LogP contribution in [0.1, 0.15) is 43.7 Å². The van der Waals surface area contributed by atoms with E-state index in [0.29, 0.717) is 12.5 Å². The molecule has 4 rings (SSSR count). The molecule has 4 nitrogen and oxygen atoms in total. The highest BCUT2D eigenvalue weighted by molar-refractivity contribution is 6.01. The first kappa shape index (κ1) is 21.6. The van der Waals surface area contributed by atoms with Crippen molar-refractivity contribution in [1.29, 1.82) is 5.26 Å². The number of nitrogens with zero attached hydrogens (tertiary/aromatic N) is 1. The molecule has 3 aromatic carbocycles. The average Bonchev–Trinajstić information content (AvgIpc) is 2.83. The third-order valence-electron chi connectivity index (χ3n) is 6.26. The number of ether oxygens (including phenoxy) is 1. The van der Waals surface area contributed by atoms with E-state index in [2.05, 4.69) is 42.6 Å². The van der Waals surface area contributed by atoms with E-state index in [4.69, 9.17) is 4.74 Å². The van der Waals surface area contributed by atoms with Gasteiger partial charge in [0.1, 0.15) is 24.0 Å². The number of rotatable bonds is 6. The Morgan fingerprint density at radius 2 is 1.81 bits per heavy atom. The topological polar surface area (TPSA) is 62.1 Å². The van der Waals surface area contributed by atoms with Gasteiger partial charge >= 0.3 is 0 Å². The SMILES string of the molecule is C[C@H]1CCCC[C@@H]1NC(=O)/C(C#N)=C/c1ccc(OCc2cccc3ccccc23)cc1. The van der Waals surface area contributed by atoms with Gasteiger partial charge in [-0.05, 0) is 58.9 Å². The predicted molar refractivity (Wildman–Crippen MR) is 128 cm³/mol. The predicted octanol–water partition coefficient (Wildman–Crippen LogP) is 6.02. The zero-order chi connectivity index (χ0) is 22.3. The first-order valence-electron chi connectivity index (χ1n) is 11.3. The number of hydrogen-bond acceptors (Lipinski definition) is 3. The molecule has 1 N–H and O–H groups in total. The van der Waals surface area contributed by atoms with Gasteiger partial charge in [-0.1, -0.05) is 74.4 Å². The van der Waals surface area contributed by atoms with Crippen molar-refractivity contribution in [2.24, 2.45) is 5.92 Å². The second kappa shape index (κ2) is 10.2. The van der Waals surface area contributed by atoms with Gasteiger partial charge in [0, 0.05) is 6.04 Å². The van der Waals surface area contributed by atoms with Crippen LogP contribution >= 0.6 is 0 Å². The minimum Gasteiger partial charge on any atom is -0.489 e. The van der Waals surface area contributed by atoms with Crippen LogP contribution in [0.25, 0.3) is 16.8 Å². The van der Waals surface area contributed by atoms with Crippen LogP contribution in [0.4, 0.5) is 0 Å². The van der Waals surface area contributed by atoms with E-state index in [1.54, 1.807) is 6.08 Å². The molecule has 0 unspecified atom stereocenters. The van der Waals surface area contributed by atoms with Gasteiger partial charge in [-0.25, -0.2) is 0 Å². The molecule has 1 aliphatic carbocycles. The number of amides is 1. The van der Waals surface area contributed by atoms with E-state index in [1.807, 2.05) is 42.5 Å². The van der Waals surface area contributed by atoms with Crippen molar-refractivity contribution in [3.8, 4) is 11.8 Å². The average molecular weight is 425 g/mol. The summed E-state index contributed by atoms with van der Waals surface area (Å²) in [5, 5.41) is 14.9. The van der Waals surface area contributed by atoms with Crippen molar-refractivity contribution < 1.29 is 9.53 Å². The number of nitrogens with one attached hydrogen (secondary N) is 1. The lowest BCUT2D eigenvalue weighted by Gasteiger charge is -2.29. The maximum absolute atomic E-state index is 12.6. The fraction of sp³-hybridized carbons (Fsp3) is 0.286. The molecule has 0 aliphatic heterocycles. The standard InChI is InChI=1S/C28H28N2O2/c1-20-7-2-5-12-27(20)30-28(31)24(18-29)17-21-13-15-25(16-14-21)32-19-23-10-6-9-22-8-3-4-11-26(22)23/h3-4,6,8-11,13-17,20,27H,2,5,7,12,19H2,1H3,(H,30,31)/b24-17+/t20-,27-/m0/s1. The Labute approximate surface area is 189 Å². The van der Waals surface area contributed by atoms with Crippen LogP contribution in [0.15, 0.2) is 72.3 Å². The maximum Gasteiger partial charge on any atom is 0.262 e. The lowest BCUT2D eigenvalue weighted by molar-refractivity contribution is -0.118. The molecule has 1 saturated carbocycles. The minimum atomic E-state index is -0.289. The van der Waals surface area contributed by atoms with Crippen LogP contribution in [0.3, 0.4) is 0 Å². The summed E-state index contributed by atoms with van der Waals surface area (Å²) in [6, 6.07) is 24.1. The summed E-state index contributed by atoms with van der Waals surface area (Å²) < 4.78 is 5.98. The normalized spacial score (nSPS) is 18.7. The Hall–Kier alpha value is -3.58. The number of carbonyl (C=O) groups is 1. The molecular formula is C28H28N2O2. The van der Waals surface area contributed by atoms with Crippen molar-refractivity contribution in [3.05, 3.63) is 83.4 Å². The molecule has 0 heterocycles. The molecule has 0 saturated heterocycles. The van der Waals surface area contributed by atoms with Crippen LogP contribution in [0, 0.1) is 17.2 Å². The third-order valence-corrected chi connectivity index (χ3v) is 6.26. The van der Waals surface area contributed by atoms with E-state index in [-0.39, 0.29) is 17.5 Å². The van der Waals surface area contributed by atoms with Crippen LogP contribution in [-0.2, 0) is 11.4 Å². The molecule has 0 aromatic heterocycles. The van der Waals surface area contributed by atoms with Crippen molar-refractivity contribution in [3.63, 3.8) is 0 Å². The molecule has 4 heteroatoms. The molecule has 1 amide bonds. The van der Waals surface area contributed by atoms with Gasteiger partial charge < -0.3 is 10.1 Å². The van der Waals surface area contributed by atoms with E-state index in [9.17, 15) is 10.1 Å². The van der Waals surface area contributed by atoms with Crippen LogP contribution in [0.5, 0.6) is 5.75 Å². The molecule has 0 bridgehead atoms. The lowest BCUT2D eigenvalue weighted by Crippen LogP contribution is -2.41. The molecule has 0 spiro atoms. The Morgan fingerprint density at radius 3 is 2.59 bits per heavy atom. The van der Waals surface area contributed by atoms with E-state index < -0.39 is 0 Å². The second-order valence-electron chi connectivity index (χ2n) is 8.51. The van der Waals surface area contributed by atoms with Crippen molar-refractivity contribution in [2.45, 2.75) is 45.3 Å². The Morgan fingerprint density at radius 1 is 1.06 bits per heavy atom. The molecule has 2 atom stereocenters. The van der Waals surface area contributed by atoms with Crippen LogP contribution in [-0.4, -0.2) is 11.9 Å². The summed E-state index contributed by atoms with van der Waals surface area (Å²) in [6.07, 6.45) is 6.08. The molecule has 32 heavy (non-hydrogen) atoms. The van der Waals surface area contributed by atoms with E-state index >= 15 is 0 Å². The fourth-order valence-electron chi connectivity index (χ4n) is 4.33. The number of hydrogen-bond donors (Lipinski definition) is 1. The zero-order valence-corrected chi connectivity index (χ0v) is 18.4. The first-order valence-corrected chi connectivity index (χ1v) is 11.3. The monoisotopic (exact) mass is 424 g/mol. The summed E-state index contributed by atoms with van der Waals surface area (Å²) in [4.78, 5) is 12.6. The first-order chi connectivity index (χ1) is 15.6. The van der Waals surface area contributed by atoms with Gasteiger partial charge in [-0.3, -0.25) is 4.79 Å². The van der Waals surface area contributed by atoms with Crippen LogP contribution < -0.4 is 10.1 Å². The highest BCUT2D eigenvalue weighted by atomic mass is 16.5. The summed E-state index contributed by atoms with van der Waals surface area (Å²) in [7, 11) is 0. The number of nitriles is 1. The van der Waals surface area contributed by atoms with E-state index in [0.717, 1.165) is 36.1 Å². The van der Waals surface area contributed by atoms with Crippen molar-refractivity contribution in [1.82, 2.24) is 5.32 Å². The van der Waals surface area contributed by atoms with Gasteiger partial charge in [0.15, 0.2) is 0 Å². The highest BCUT2D eigenvalue weighted by Crippen LogP contribution is 2.24. The quantitative estimate of drug-likeness (QED) is 0.389. The summed E-state index contributed by atoms with van der Waals surface area (Å²) in [5.74, 6) is 0.905. The summed E-state index contributed by atoms with van der Waals surface area (Å²) in [5.41, 5.74) is 2.06. The Kier molecular flexibility index (Phi) is 6.87. The Balaban J connectivity index is 1.40. The minimum absolute atomic E-state index is 0.132. The van der Waals surface area contributed by atoms with Crippen molar-refractivity contribution >= 4 is 22.8 Å². The van der Waals surface area contributed by atoms with Gasteiger partial charge in [-0.15, -0.1) is 0 Å². The molecule has 3 aromatic rings. The maximum atomic E-state index is 12.6. The van der Waals surface area contributed by atoms with Gasteiger partial charge in [0.05, 0.1) is 0 Å². The van der Waals surface area contributed by atoms with Gasteiger partial charge in [-0.2, -0.15) is 5.26 Å².